The van der Waals surface area contributed by atoms with Gasteiger partial charge in [0, 0.05) is 20.1 Å². The van der Waals surface area contributed by atoms with Crippen molar-refractivity contribution in [2.75, 3.05) is 20.6 Å². The summed E-state index contributed by atoms with van der Waals surface area (Å²) in [5.41, 5.74) is 1.09. The molecule has 1 aliphatic carbocycles. The Morgan fingerprint density at radius 1 is 1.20 bits per heavy atom. The van der Waals surface area contributed by atoms with Gasteiger partial charge in [0.15, 0.2) is 0 Å². The number of hydrogen-bond acceptors (Lipinski definition) is 3. The molecular formula is C15H24N2O2S. The molecule has 1 aromatic carbocycles. The Bertz CT molecular complexity index is 519. The molecule has 0 aromatic heterocycles. The van der Waals surface area contributed by atoms with Crippen LogP contribution in [0.4, 0.5) is 0 Å². The molecule has 1 aliphatic rings. The van der Waals surface area contributed by atoms with Crippen molar-refractivity contribution in [2.45, 2.75) is 37.1 Å². The molecule has 1 aromatic rings. The van der Waals surface area contributed by atoms with Crippen LogP contribution < -0.4 is 5.32 Å². The summed E-state index contributed by atoms with van der Waals surface area (Å²) in [5, 5.41) is 3.05. The highest BCUT2D eigenvalue weighted by Crippen LogP contribution is 2.27. The quantitative estimate of drug-likeness (QED) is 0.875. The highest BCUT2D eigenvalue weighted by Gasteiger charge is 2.25. The number of hydrogen-bond donors (Lipinski definition) is 1. The second-order valence-electron chi connectivity index (χ2n) is 5.61. The molecule has 0 amide bonds. The van der Waals surface area contributed by atoms with E-state index in [1.165, 1.54) is 17.1 Å². The Morgan fingerprint density at radius 2 is 1.80 bits per heavy atom. The van der Waals surface area contributed by atoms with Crippen molar-refractivity contribution in [2.24, 2.45) is 5.92 Å². The first-order valence-electron chi connectivity index (χ1n) is 7.24. The fraction of sp³-hybridized carbons (Fsp3) is 0.600. The third-order valence-electron chi connectivity index (χ3n) is 4.00. The molecule has 0 unspecified atom stereocenters. The van der Waals surface area contributed by atoms with E-state index in [0.29, 0.717) is 17.4 Å². The number of sulfonamides is 1. The minimum Gasteiger partial charge on any atom is -0.316 e. The molecule has 0 radical (unpaired) electrons. The Labute approximate surface area is 122 Å². The molecule has 4 nitrogen and oxygen atoms in total. The lowest BCUT2D eigenvalue weighted by molar-refractivity contribution is 0.387. The molecule has 2 rings (SSSR count). The molecule has 5 heteroatoms. The second kappa shape index (κ2) is 6.70. The Balaban J connectivity index is 2.07. The first-order chi connectivity index (χ1) is 9.54. The molecule has 0 atom stereocenters. The van der Waals surface area contributed by atoms with Crippen molar-refractivity contribution in [3.63, 3.8) is 0 Å². The maximum atomic E-state index is 12.5. The van der Waals surface area contributed by atoms with Crippen LogP contribution in [0.5, 0.6) is 0 Å². The molecular weight excluding hydrogens is 272 g/mol. The summed E-state index contributed by atoms with van der Waals surface area (Å²) in [7, 11) is 0.219. The van der Waals surface area contributed by atoms with Gasteiger partial charge in [-0.15, -0.1) is 0 Å². The fourth-order valence-corrected chi connectivity index (χ4v) is 4.06. The Hall–Kier alpha value is -0.910. The van der Waals surface area contributed by atoms with Gasteiger partial charge >= 0.3 is 0 Å². The van der Waals surface area contributed by atoms with E-state index in [0.717, 1.165) is 24.9 Å². The van der Waals surface area contributed by atoms with Crippen molar-refractivity contribution < 1.29 is 8.42 Å². The van der Waals surface area contributed by atoms with Gasteiger partial charge in [0.05, 0.1) is 4.90 Å². The van der Waals surface area contributed by atoms with E-state index in [1.54, 1.807) is 19.2 Å². The van der Waals surface area contributed by atoms with Gasteiger partial charge in [-0.2, -0.15) is 0 Å². The monoisotopic (exact) mass is 296 g/mol. The molecule has 1 fully saturated rings. The lowest BCUT2D eigenvalue weighted by Crippen LogP contribution is -2.31. The average molecular weight is 296 g/mol. The summed E-state index contributed by atoms with van der Waals surface area (Å²) in [5.74, 6) is 0.526. The summed E-state index contributed by atoms with van der Waals surface area (Å²) in [6.07, 6.45) is 4.77. The van der Waals surface area contributed by atoms with Gasteiger partial charge in [-0.3, -0.25) is 0 Å². The number of nitrogens with one attached hydrogen (secondary N) is 1. The van der Waals surface area contributed by atoms with Crippen LogP contribution in [0.3, 0.4) is 0 Å². The Kier molecular flexibility index (Phi) is 5.18. The van der Waals surface area contributed by atoms with Crippen LogP contribution in [-0.2, 0) is 16.6 Å². The van der Waals surface area contributed by atoms with Crippen molar-refractivity contribution in [1.82, 2.24) is 9.62 Å². The summed E-state index contributed by atoms with van der Waals surface area (Å²) in [4.78, 5) is 0.387. The summed E-state index contributed by atoms with van der Waals surface area (Å²) in [6.45, 7) is 1.39. The lowest BCUT2D eigenvalue weighted by Gasteiger charge is -2.20. The van der Waals surface area contributed by atoms with Crippen molar-refractivity contribution in [1.29, 1.82) is 0 Å². The van der Waals surface area contributed by atoms with Gasteiger partial charge in [0.1, 0.15) is 0 Å². The number of benzene rings is 1. The number of nitrogens with zero attached hydrogens (tertiary/aromatic N) is 1. The van der Waals surface area contributed by atoms with Crippen molar-refractivity contribution in [3.05, 3.63) is 29.8 Å². The van der Waals surface area contributed by atoms with Crippen LogP contribution in [0.1, 0.15) is 31.2 Å². The maximum absolute atomic E-state index is 12.5. The zero-order chi connectivity index (χ0) is 14.6. The summed E-state index contributed by atoms with van der Waals surface area (Å²) in [6, 6.07) is 7.14. The highest BCUT2D eigenvalue weighted by atomic mass is 32.2. The van der Waals surface area contributed by atoms with E-state index in [9.17, 15) is 8.42 Å². The normalized spacial score (nSPS) is 16.9. The van der Waals surface area contributed by atoms with Gasteiger partial charge in [-0.05, 0) is 43.5 Å². The van der Waals surface area contributed by atoms with Crippen LogP contribution in [0, 0.1) is 5.92 Å². The van der Waals surface area contributed by atoms with Gasteiger partial charge in [0.25, 0.3) is 0 Å². The predicted molar refractivity (Wildman–Crippen MR) is 81.0 cm³/mol. The van der Waals surface area contributed by atoms with Crippen LogP contribution in [0.2, 0.25) is 0 Å². The molecule has 0 spiro atoms. The standard InChI is InChI=1S/C15H24N2O2S/c1-16-11-13-7-9-15(10-8-13)20(18,19)17(2)12-14-5-3-4-6-14/h7-10,14,16H,3-6,11-12H2,1-2H3. The topological polar surface area (TPSA) is 49.4 Å². The van der Waals surface area contributed by atoms with Gasteiger partial charge < -0.3 is 5.32 Å². The van der Waals surface area contributed by atoms with Gasteiger partial charge in [-0.25, -0.2) is 12.7 Å². The fourth-order valence-electron chi connectivity index (χ4n) is 2.82. The molecule has 112 valence electrons. The zero-order valence-electron chi connectivity index (χ0n) is 12.3. The smallest absolute Gasteiger partial charge is 0.242 e. The summed E-state index contributed by atoms with van der Waals surface area (Å²) >= 11 is 0. The van der Waals surface area contributed by atoms with Crippen LogP contribution in [-0.4, -0.2) is 33.4 Å². The molecule has 20 heavy (non-hydrogen) atoms. The van der Waals surface area contributed by atoms with Crippen LogP contribution >= 0.6 is 0 Å². The van der Waals surface area contributed by atoms with Crippen molar-refractivity contribution in [3.8, 4) is 0 Å². The van der Waals surface area contributed by atoms with E-state index in [4.69, 9.17) is 0 Å². The summed E-state index contributed by atoms with van der Waals surface area (Å²) < 4.78 is 26.5. The molecule has 0 heterocycles. The second-order valence-corrected chi connectivity index (χ2v) is 7.66. The lowest BCUT2D eigenvalue weighted by atomic mass is 10.1. The first-order valence-corrected chi connectivity index (χ1v) is 8.68. The van der Waals surface area contributed by atoms with Gasteiger partial charge in [-0.1, -0.05) is 25.0 Å². The van der Waals surface area contributed by atoms with E-state index < -0.39 is 10.0 Å². The van der Waals surface area contributed by atoms with E-state index in [-0.39, 0.29) is 0 Å². The first kappa shape index (κ1) is 15.5. The van der Waals surface area contributed by atoms with Crippen LogP contribution in [0.25, 0.3) is 0 Å². The SMILES string of the molecule is CNCc1ccc(S(=O)(=O)N(C)CC2CCCC2)cc1. The molecule has 0 bridgehead atoms. The van der Waals surface area contributed by atoms with Crippen molar-refractivity contribution >= 4 is 10.0 Å². The molecule has 0 aliphatic heterocycles. The molecule has 1 N–H and O–H groups in total. The minimum atomic E-state index is -3.35. The largest absolute Gasteiger partial charge is 0.316 e. The Morgan fingerprint density at radius 3 is 2.35 bits per heavy atom. The molecule has 0 saturated heterocycles. The van der Waals surface area contributed by atoms with E-state index >= 15 is 0 Å². The number of rotatable bonds is 6. The maximum Gasteiger partial charge on any atom is 0.242 e. The minimum absolute atomic E-state index is 0.387. The average Bonchev–Trinajstić information content (AvgIpc) is 2.92. The highest BCUT2D eigenvalue weighted by molar-refractivity contribution is 7.89. The predicted octanol–water partition coefficient (Wildman–Crippen LogP) is 2.22. The third kappa shape index (κ3) is 3.59. The zero-order valence-corrected chi connectivity index (χ0v) is 13.1. The van der Waals surface area contributed by atoms with E-state index in [1.807, 2.05) is 19.2 Å². The van der Waals surface area contributed by atoms with Crippen LogP contribution in [0.15, 0.2) is 29.2 Å². The molecule has 1 saturated carbocycles. The third-order valence-corrected chi connectivity index (χ3v) is 5.84. The van der Waals surface area contributed by atoms with E-state index in [2.05, 4.69) is 5.32 Å². The van der Waals surface area contributed by atoms with Gasteiger partial charge in [0.2, 0.25) is 10.0 Å².